The van der Waals surface area contributed by atoms with Crippen LogP contribution in [-0.2, 0) is 17.2 Å². The van der Waals surface area contributed by atoms with E-state index in [-0.39, 0.29) is 18.3 Å². The maximum Gasteiger partial charge on any atom is 0.225 e. The zero-order valence-electron chi connectivity index (χ0n) is 18.5. The molecule has 34 heavy (non-hydrogen) atoms. The highest BCUT2D eigenvalue weighted by Crippen LogP contribution is 2.28. The quantitative estimate of drug-likeness (QED) is 0.505. The van der Waals surface area contributed by atoms with Gasteiger partial charge in [0.2, 0.25) is 5.95 Å². The van der Waals surface area contributed by atoms with E-state index < -0.39 is 16.6 Å². The summed E-state index contributed by atoms with van der Waals surface area (Å²) in [7, 11) is -1.30. The van der Waals surface area contributed by atoms with E-state index in [1.54, 1.807) is 11.5 Å². The Balaban J connectivity index is 1.17. The maximum absolute atomic E-state index is 14.4. The monoisotopic (exact) mass is 482 g/mol. The first-order valence-corrected chi connectivity index (χ1v) is 12.2. The number of hydrogen-bond acceptors (Lipinski definition) is 9. The van der Waals surface area contributed by atoms with E-state index >= 15 is 0 Å². The Bertz CT molecular complexity index is 1240. The number of hydrogen-bond donors (Lipinski definition) is 0. The number of rotatable bonds is 7. The molecule has 1 unspecified atom stereocenters. The minimum atomic E-state index is -1.30. The molecule has 3 aromatic rings. The van der Waals surface area contributed by atoms with Crippen LogP contribution in [0, 0.1) is 11.7 Å². The van der Waals surface area contributed by atoms with E-state index in [9.17, 15) is 8.60 Å². The zero-order valence-corrected chi connectivity index (χ0v) is 19.4. The number of halogens is 1. The molecule has 1 aromatic carbocycles. The smallest absolute Gasteiger partial charge is 0.225 e. The van der Waals surface area contributed by atoms with Crippen LogP contribution in [0.2, 0.25) is 0 Å². The standard InChI is InChI=1S/C22H23FN8O2S/c1-2-15-10-24-22(25-11-15)30-7-5-16(6-8-30)21-27-17(13-34(21)32)12-33-20-4-3-18(9-19(20)23)31-14-26-28-29-31/h3-4,9-11,13-14,16H,2,5-8,12H2,1H3. The van der Waals surface area contributed by atoms with Crippen LogP contribution in [0.25, 0.3) is 5.69 Å². The average molecular weight is 483 g/mol. The number of nitrogens with zero attached hydrogens (tertiary/aromatic N) is 8. The number of aliphatic imine (C=N–C) groups is 1. The molecule has 2 aliphatic rings. The summed E-state index contributed by atoms with van der Waals surface area (Å²) in [5.41, 5.74) is 2.13. The van der Waals surface area contributed by atoms with Crippen LogP contribution in [0.1, 0.15) is 25.3 Å². The summed E-state index contributed by atoms with van der Waals surface area (Å²) in [5.74, 6) is 0.381. The molecule has 0 spiro atoms. The lowest BCUT2D eigenvalue weighted by atomic mass is 9.98. The van der Waals surface area contributed by atoms with Crippen molar-refractivity contribution < 1.29 is 13.3 Å². The highest BCUT2D eigenvalue weighted by atomic mass is 32.2. The number of ether oxygens (including phenoxy) is 1. The van der Waals surface area contributed by atoms with Crippen LogP contribution >= 0.6 is 0 Å². The van der Waals surface area contributed by atoms with Gasteiger partial charge in [-0.15, -0.1) is 5.10 Å². The van der Waals surface area contributed by atoms with Gasteiger partial charge in [0, 0.05) is 42.9 Å². The maximum atomic E-state index is 14.4. The highest BCUT2D eigenvalue weighted by Gasteiger charge is 2.30. The first kappa shape index (κ1) is 22.3. The summed E-state index contributed by atoms with van der Waals surface area (Å²) in [6.07, 6.45) is 7.65. The van der Waals surface area contributed by atoms with Gasteiger partial charge in [-0.2, -0.15) is 0 Å². The number of anilines is 1. The second kappa shape index (κ2) is 9.75. The second-order valence-electron chi connectivity index (χ2n) is 8.02. The Morgan fingerprint density at radius 1 is 1.21 bits per heavy atom. The van der Waals surface area contributed by atoms with Gasteiger partial charge in [-0.05, 0) is 47.4 Å². The molecule has 2 aromatic heterocycles. The van der Waals surface area contributed by atoms with Gasteiger partial charge in [0.25, 0.3) is 0 Å². The Morgan fingerprint density at radius 2 is 2.00 bits per heavy atom. The van der Waals surface area contributed by atoms with Crippen molar-refractivity contribution in [2.75, 3.05) is 24.6 Å². The molecule has 1 saturated heterocycles. The molecule has 1 fully saturated rings. The lowest BCUT2D eigenvalue weighted by molar-refractivity contribution is 0.331. The molecule has 0 saturated carbocycles. The van der Waals surface area contributed by atoms with Crippen molar-refractivity contribution in [3.05, 3.63) is 59.4 Å². The third-order valence-electron chi connectivity index (χ3n) is 5.83. The third-order valence-corrected chi connectivity index (χ3v) is 7.16. The van der Waals surface area contributed by atoms with Gasteiger partial charge >= 0.3 is 0 Å². The van der Waals surface area contributed by atoms with Crippen LogP contribution < -0.4 is 9.64 Å². The van der Waals surface area contributed by atoms with Crippen LogP contribution in [0.5, 0.6) is 5.75 Å². The van der Waals surface area contributed by atoms with Crippen molar-refractivity contribution in [3.63, 3.8) is 0 Å². The summed E-state index contributed by atoms with van der Waals surface area (Å²) in [4.78, 5) is 15.6. The van der Waals surface area contributed by atoms with Gasteiger partial charge in [-0.3, -0.25) is 0 Å². The molecular formula is C22H23FN8O2S. The average Bonchev–Trinajstić information content (AvgIpc) is 3.54. The summed E-state index contributed by atoms with van der Waals surface area (Å²) in [6, 6.07) is 4.45. The molecule has 2 aliphatic heterocycles. The Labute approximate surface area is 198 Å². The first-order chi connectivity index (χ1) is 16.6. The number of aryl methyl sites for hydroxylation is 1. The second-order valence-corrected chi connectivity index (χ2v) is 9.27. The molecule has 1 atom stereocenters. The van der Waals surface area contributed by atoms with Crippen molar-refractivity contribution in [3.8, 4) is 11.4 Å². The lowest BCUT2D eigenvalue weighted by Crippen LogP contribution is -2.37. The normalized spacial score (nSPS) is 18.6. The topological polar surface area (TPSA) is 111 Å². The van der Waals surface area contributed by atoms with Crippen molar-refractivity contribution in [2.24, 2.45) is 10.9 Å². The Morgan fingerprint density at radius 3 is 2.68 bits per heavy atom. The minimum Gasteiger partial charge on any atom is -0.484 e. The fourth-order valence-electron chi connectivity index (χ4n) is 3.92. The molecule has 0 bridgehead atoms. The molecule has 176 valence electrons. The highest BCUT2D eigenvalue weighted by molar-refractivity contribution is 8.03. The number of piperidine rings is 1. The SMILES string of the molecule is CCc1cnc(N2CCC(C3=NC(COc4ccc(-n5cnnn5)cc4F)=CS3=O)CC2)nc1. The summed E-state index contributed by atoms with van der Waals surface area (Å²) in [5, 5.41) is 13.1. The van der Waals surface area contributed by atoms with Gasteiger partial charge in [0.1, 0.15) is 18.0 Å². The van der Waals surface area contributed by atoms with Crippen LogP contribution in [0.3, 0.4) is 0 Å². The fraction of sp³-hybridized carbons (Fsp3) is 0.364. The zero-order chi connectivity index (χ0) is 23.5. The van der Waals surface area contributed by atoms with E-state index in [0.29, 0.717) is 16.4 Å². The molecule has 4 heterocycles. The molecule has 0 aliphatic carbocycles. The minimum absolute atomic E-state index is 0.0346. The van der Waals surface area contributed by atoms with Crippen molar-refractivity contribution in [1.29, 1.82) is 0 Å². The van der Waals surface area contributed by atoms with Gasteiger partial charge in [-0.1, -0.05) is 6.92 Å². The number of aromatic nitrogens is 6. The lowest BCUT2D eigenvalue weighted by Gasteiger charge is -2.31. The molecule has 5 rings (SSSR count). The first-order valence-electron chi connectivity index (χ1n) is 11.0. The van der Waals surface area contributed by atoms with Crippen LogP contribution in [0.4, 0.5) is 10.3 Å². The van der Waals surface area contributed by atoms with Crippen LogP contribution in [0.15, 0.2) is 53.0 Å². The van der Waals surface area contributed by atoms with E-state index in [2.05, 4.69) is 42.3 Å². The van der Waals surface area contributed by atoms with Gasteiger partial charge < -0.3 is 9.64 Å². The largest absolute Gasteiger partial charge is 0.484 e. The Kier molecular flexibility index (Phi) is 6.39. The summed E-state index contributed by atoms with van der Waals surface area (Å²) >= 11 is 0. The fourth-order valence-corrected chi connectivity index (χ4v) is 5.18. The summed E-state index contributed by atoms with van der Waals surface area (Å²) in [6.45, 7) is 3.66. The van der Waals surface area contributed by atoms with Gasteiger partial charge in [-0.25, -0.2) is 28.2 Å². The van der Waals surface area contributed by atoms with Crippen molar-refractivity contribution in [2.45, 2.75) is 26.2 Å². The van der Waals surface area contributed by atoms with Crippen molar-refractivity contribution >= 4 is 21.8 Å². The number of tetrazole rings is 1. The van der Waals surface area contributed by atoms with E-state index in [1.807, 2.05) is 12.4 Å². The Hall–Kier alpha value is -3.54. The molecule has 0 radical (unpaired) electrons. The summed E-state index contributed by atoms with van der Waals surface area (Å²) < 4.78 is 34.1. The van der Waals surface area contributed by atoms with E-state index in [1.165, 1.54) is 23.1 Å². The third kappa shape index (κ3) is 4.72. The van der Waals surface area contributed by atoms with Crippen molar-refractivity contribution in [1.82, 2.24) is 30.2 Å². The molecule has 0 N–H and O–H groups in total. The van der Waals surface area contributed by atoms with Crippen LogP contribution in [-0.4, -0.2) is 59.1 Å². The van der Waals surface area contributed by atoms with Gasteiger partial charge in [0.05, 0.1) is 22.2 Å². The molecule has 10 nitrogen and oxygen atoms in total. The predicted molar refractivity (Wildman–Crippen MR) is 125 cm³/mol. The van der Waals surface area contributed by atoms with E-state index in [0.717, 1.165) is 43.9 Å². The molecule has 0 amide bonds. The number of benzene rings is 1. The van der Waals surface area contributed by atoms with Gasteiger partial charge in [0.15, 0.2) is 11.6 Å². The van der Waals surface area contributed by atoms with E-state index in [4.69, 9.17) is 4.74 Å². The molecule has 12 heteroatoms. The predicted octanol–water partition coefficient (Wildman–Crippen LogP) is 2.45. The molecular weight excluding hydrogens is 459 g/mol.